The number of aliphatic hydroxyl groups is 1. The second kappa shape index (κ2) is 7.37. The minimum absolute atomic E-state index is 0.0254. The molecular weight excluding hydrogens is 330 g/mol. The maximum absolute atomic E-state index is 9.68. The SMILES string of the molecule is OCC(CNc1cc(-c2ccccc2)nn2cnnc12)Cc1ccco1. The van der Waals surface area contributed by atoms with Crippen molar-refractivity contribution in [3.63, 3.8) is 0 Å². The van der Waals surface area contributed by atoms with Gasteiger partial charge in [-0.3, -0.25) is 0 Å². The Morgan fingerprint density at radius 1 is 1.15 bits per heavy atom. The van der Waals surface area contributed by atoms with Crippen LogP contribution in [0.3, 0.4) is 0 Å². The Bertz CT molecular complexity index is 966. The fourth-order valence-corrected chi connectivity index (χ4v) is 2.88. The van der Waals surface area contributed by atoms with Crippen molar-refractivity contribution in [3.8, 4) is 11.3 Å². The monoisotopic (exact) mass is 349 g/mol. The molecule has 4 aromatic rings. The zero-order chi connectivity index (χ0) is 17.8. The zero-order valence-electron chi connectivity index (χ0n) is 14.1. The maximum Gasteiger partial charge on any atom is 0.200 e. The third-order valence-electron chi connectivity index (χ3n) is 4.25. The number of fused-ring (bicyclic) bond motifs is 1. The highest BCUT2D eigenvalue weighted by Crippen LogP contribution is 2.23. The largest absolute Gasteiger partial charge is 0.469 e. The molecule has 1 atom stereocenters. The first kappa shape index (κ1) is 16.3. The molecule has 0 aliphatic heterocycles. The molecule has 0 saturated heterocycles. The number of aromatic nitrogens is 4. The highest BCUT2D eigenvalue weighted by atomic mass is 16.3. The van der Waals surface area contributed by atoms with Crippen LogP contribution in [0.5, 0.6) is 0 Å². The van der Waals surface area contributed by atoms with Crippen LogP contribution in [0.4, 0.5) is 5.69 Å². The lowest BCUT2D eigenvalue weighted by atomic mass is 10.0. The summed E-state index contributed by atoms with van der Waals surface area (Å²) < 4.78 is 7.04. The van der Waals surface area contributed by atoms with Gasteiger partial charge in [0.1, 0.15) is 12.1 Å². The van der Waals surface area contributed by atoms with Crippen molar-refractivity contribution in [1.82, 2.24) is 19.8 Å². The van der Waals surface area contributed by atoms with Crippen LogP contribution in [-0.2, 0) is 6.42 Å². The van der Waals surface area contributed by atoms with E-state index in [2.05, 4.69) is 20.6 Å². The Kier molecular flexibility index (Phi) is 4.61. The summed E-state index contributed by atoms with van der Waals surface area (Å²) in [6, 6.07) is 15.7. The van der Waals surface area contributed by atoms with Crippen LogP contribution < -0.4 is 5.32 Å². The summed E-state index contributed by atoms with van der Waals surface area (Å²) in [6.45, 7) is 0.644. The van der Waals surface area contributed by atoms with Gasteiger partial charge in [-0.15, -0.1) is 10.2 Å². The van der Waals surface area contributed by atoms with Crippen molar-refractivity contribution in [2.24, 2.45) is 5.92 Å². The van der Waals surface area contributed by atoms with Crippen molar-refractivity contribution in [1.29, 1.82) is 0 Å². The first-order valence-electron chi connectivity index (χ1n) is 8.47. The number of aliphatic hydroxyl groups excluding tert-OH is 1. The first-order chi connectivity index (χ1) is 12.8. The second-order valence-electron chi connectivity index (χ2n) is 6.12. The van der Waals surface area contributed by atoms with Crippen LogP contribution in [0.25, 0.3) is 16.9 Å². The molecule has 0 bridgehead atoms. The van der Waals surface area contributed by atoms with Gasteiger partial charge >= 0.3 is 0 Å². The maximum atomic E-state index is 9.68. The van der Waals surface area contributed by atoms with Crippen molar-refractivity contribution < 1.29 is 9.52 Å². The van der Waals surface area contributed by atoms with Crippen molar-refractivity contribution in [2.75, 3.05) is 18.5 Å². The summed E-state index contributed by atoms with van der Waals surface area (Å²) in [4.78, 5) is 0. The molecule has 3 heterocycles. The number of anilines is 1. The molecule has 4 rings (SSSR count). The predicted octanol–water partition coefficient (Wildman–Crippen LogP) is 2.65. The van der Waals surface area contributed by atoms with Gasteiger partial charge in [-0.05, 0) is 18.2 Å². The van der Waals surface area contributed by atoms with Crippen LogP contribution >= 0.6 is 0 Å². The van der Waals surface area contributed by atoms with Gasteiger partial charge in [0.05, 0.1) is 17.6 Å². The standard InChI is InChI=1S/C19H19N5O2/c25-12-14(9-16-7-4-8-26-16)11-20-18-10-17(15-5-2-1-3-6-15)23-24-13-21-22-19(18)24/h1-8,10,13-14,20,25H,9,11-12H2. The molecule has 132 valence electrons. The molecule has 26 heavy (non-hydrogen) atoms. The fraction of sp³-hybridized carbons (Fsp3) is 0.211. The lowest BCUT2D eigenvalue weighted by molar-refractivity contribution is 0.227. The van der Waals surface area contributed by atoms with E-state index in [0.717, 1.165) is 22.7 Å². The minimum atomic E-state index is 0.0254. The number of benzene rings is 1. The van der Waals surface area contributed by atoms with Gasteiger partial charge in [0.2, 0.25) is 5.65 Å². The van der Waals surface area contributed by atoms with Crippen LogP contribution in [0.2, 0.25) is 0 Å². The molecule has 3 aromatic heterocycles. The summed E-state index contributed by atoms with van der Waals surface area (Å²) in [5, 5.41) is 25.7. The van der Waals surface area contributed by atoms with E-state index in [1.165, 1.54) is 0 Å². The smallest absolute Gasteiger partial charge is 0.200 e. The van der Waals surface area contributed by atoms with E-state index in [0.29, 0.717) is 18.6 Å². The fourth-order valence-electron chi connectivity index (χ4n) is 2.88. The number of nitrogens with one attached hydrogen (secondary N) is 1. The summed E-state index contributed by atoms with van der Waals surface area (Å²) in [5.41, 5.74) is 3.32. The van der Waals surface area contributed by atoms with Gasteiger partial charge in [-0.1, -0.05) is 30.3 Å². The Labute approximate surface area is 150 Å². The number of nitrogens with zero attached hydrogens (tertiary/aromatic N) is 4. The summed E-state index contributed by atoms with van der Waals surface area (Å²) >= 11 is 0. The highest BCUT2D eigenvalue weighted by molar-refractivity contribution is 5.73. The Morgan fingerprint density at radius 3 is 2.81 bits per heavy atom. The molecule has 7 nitrogen and oxygen atoms in total. The molecule has 0 fully saturated rings. The Balaban J connectivity index is 1.58. The number of rotatable bonds is 7. The van der Waals surface area contributed by atoms with Gasteiger partial charge in [-0.2, -0.15) is 9.61 Å². The van der Waals surface area contributed by atoms with E-state index in [1.54, 1.807) is 17.1 Å². The third kappa shape index (κ3) is 3.43. The lowest BCUT2D eigenvalue weighted by Crippen LogP contribution is -2.20. The lowest BCUT2D eigenvalue weighted by Gasteiger charge is -2.15. The van der Waals surface area contributed by atoms with Gasteiger partial charge in [0.25, 0.3) is 0 Å². The number of hydrogen-bond acceptors (Lipinski definition) is 6. The summed E-state index contributed by atoms with van der Waals surface area (Å²) in [5.74, 6) is 0.885. The minimum Gasteiger partial charge on any atom is -0.469 e. The summed E-state index contributed by atoms with van der Waals surface area (Å²) in [7, 11) is 0. The summed E-state index contributed by atoms with van der Waals surface area (Å²) in [6.07, 6.45) is 3.89. The van der Waals surface area contributed by atoms with E-state index >= 15 is 0 Å². The van der Waals surface area contributed by atoms with Crippen molar-refractivity contribution >= 4 is 11.3 Å². The highest BCUT2D eigenvalue weighted by Gasteiger charge is 2.14. The van der Waals surface area contributed by atoms with E-state index in [9.17, 15) is 5.11 Å². The molecule has 0 spiro atoms. The number of hydrogen-bond donors (Lipinski definition) is 2. The van der Waals surface area contributed by atoms with E-state index in [-0.39, 0.29) is 12.5 Å². The molecule has 7 heteroatoms. The van der Waals surface area contributed by atoms with E-state index in [4.69, 9.17) is 4.42 Å². The van der Waals surface area contributed by atoms with Gasteiger partial charge < -0.3 is 14.8 Å². The molecule has 0 radical (unpaired) electrons. The van der Waals surface area contributed by atoms with Crippen molar-refractivity contribution in [3.05, 3.63) is 66.9 Å². The quantitative estimate of drug-likeness (QED) is 0.533. The molecular formula is C19H19N5O2. The van der Waals surface area contributed by atoms with E-state index in [1.807, 2.05) is 48.5 Å². The average Bonchev–Trinajstić information content (AvgIpc) is 3.37. The van der Waals surface area contributed by atoms with Gasteiger partial charge in [0, 0.05) is 31.1 Å². The third-order valence-corrected chi connectivity index (χ3v) is 4.25. The molecule has 1 unspecified atom stereocenters. The van der Waals surface area contributed by atoms with E-state index < -0.39 is 0 Å². The molecule has 0 amide bonds. The molecule has 2 N–H and O–H groups in total. The molecule has 0 aliphatic rings. The number of furan rings is 1. The van der Waals surface area contributed by atoms with Gasteiger partial charge in [0.15, 0.2) is 0 Å². The van der Waals surface area contributed by atoms with Crippen LogP contribution in [0, 0.1) is 5.92 Å². The zero-order valence-corrected chi connectivity index (χ0v) is 14.1. The molecule has 1 aromatic carbocycles. The normalized spacial score (nSPS) is 12.3. The van der Waals surface area contributed by atoms with Crippen LogP contribution in [0.1, 0.15) is 5.76 Å². The predicted molar refractivity (Wildman–Crippen MR) is 97.7 cm³/mol. The van der Waals surface area contributed by atoms with Crippen LogP contribution in [0.15, 0.2) is 65.5 Å². The molecule has 0 saturated carbocycles. The Hall–Kier alpha value is -3.19. The van der Waals surface area contributed by atoms with Crippen LogP contribution in [-0.4, -0.2) is 38.1 Å². The van der Waals surface area contributed by atoms with Gasteiger partial charge in [-0.25, -0.2) is 0 Å². The second-order valence-corrected chi connectivity index (χ2v) is 6.12. The van der Waals surface area contributed by atoms with Crippen molar-refractivity contribution in [2.45, 2.75) is 6.42 Å². The average molecular weight is 349 g/mol. The first-order valence-corrected chi connectivity index (χ1v) is 8.47. The topological polar surface area (TPSA) is 88.5 Å². The molecule has 0 aliphatic carbocycles. The Morgan fingerprint density at radius 2 is 2.04 bits per heavy atom.